The van der Waals surface area contributed by atoms with Crippen LogP contribution in [0.5, 0.6) is 0 Å². The zero-order valence-electron chi connectivity index (χ0n) is 7.71. The van der Waals surface area contributed by atoms with Gasteiger partial charge >= 0.3 is 0 Å². The van der Waals surface area contributed by atoms with Crippen LogP contribution >= 0.6 is 11.6 Å². The van der Waals surface area contributed by atoms with E-state index in [0.29, 0.717) is 16.5 Å². The molecule has 1 aromatic heterocycles. The molecule has 0 atom stereocenters. The van der Waals surface area contributed by atoms with Gasteiger partial charge in [-0.25, -0.2) is 0 Å². The van der Waals surface area contributed by atoms with Gasteiger partial charge in [-0.15, -0.1) is 0 Å². The van der Waals surface area contributed by atoms with Crippen LogP contribution in [0.15, 0.2) is 24.3 Å². The second kappa shape index (κ2) is 3.35. The van der Waals surface area contributed by atoms with Gasteiger partial charge in [0.15, 0.2) is 0 Å². The molecule has 1 aromatic carbocycles. The van der Waals surface area contributed by atoms with E-state index in [-0.39, 0.29) is 0 Å². The van der Waals surface area contributed by atoms with Gasteiger partial charge in [-0.3, -0.25) is 5.10 Å². The lowest BCUT2D eigenvalue weighted by Crippen LogP contribution is -1.87. The van der Waals surface area contributed by atoms with Crippen molar-refractivity contribution in [2.75, 3.05) is 5.73 Å². The van der Waals surface area contributed by atoms with Crippen molar-refractivity contribution in [2.45, 2.75) is 6.92 Å². The second-order valence-electron chi connectivity index (χ2n) is 3.17. The maximum Gasteiger partial charge on any atom is 0.148 e. The number of nitrogens with two attached hydrogens (primary N) is 1. The third-order valence-electron chi connectivity index (χ3n) is 2.05. The molecule has 0 saturated heterocycles. The van der Waals surface area contributed by atoms with Crippen molar-refractivity contribution < 1.29 is 0 Å². The monoisotopic (exact) mass is 207 g/mol. The molecule has 1 heterocycles. The van der Waals surface area contributed by atoms with Gasteiger partial charge in [0.25, 0.3) is 0 Å². The fourth-order valence-corrected chi connectivity index (χ4v) is 1.47. The Labute approximate surface area is 86.9 Å². The number of nitrogens with zero attached hydrogens (tertiary/aromatic N) is 1. The van der Waals surface area contributed by atoms with Gasteiger partial charge in [-0.2, -0.15) is 5.10 Å². The molecule has 0 saturated carbocycles. The Kier molecular flexibility index (Phi) is 2.17. The molecule has 0 aliphatic rings. The van der Waals surface area contributed by atoms with E-state index in [4.69, 9.17) is 17.3 Å². The highest BCUT2D eigenvalue weighted by atomic mass is 35.5. The Balaban J connectivity index is 2.55. The molecular formula is C10H10ClN3. The van der Waals surface area contributed by atoms with Crippen LogP contribution in [0.3, 0.4) is 0 Å². The average molecular weight is 208 g/mol. The largest absolute Gasteiger partial charge is 0.394 e. The Morgan fingerprint density at radius 1 is 1.43 bits per heavy atom. The third kappa shape index (κ3) is 1.46. The number of halogens is 1. The lowest BCUT2D eigenvalue weighted by atomic mass is 10.1. The highest BCUT2D eigenvalue weighted by Crippen LogP contribution is 2.28. The molecule has 2 aromatic rings. The Morgan fingerprint density at radius 2 is 2.21 bits per heavy atom. The minimum atomic E-state index is 0.390. The lowest BCUT2D eigenvalue weighted by molar-refractivity contribution is 1.09. The Morgan fingerprint density at radius 3 is 2.79 bits per heavy atom. The molecule has 0 fully saturated rings. The first-order valence-electron chi connectivity index (χ1n) is 4.25. The van der Waals surface area contributed by atoms with Crippen LogP contribution < -0.4 is 5.73 Å². The van der Waals surface area contributed by atoms with E-state index in [9.17, 15) is 0 Å². The van der Waals surface area contributed by atoms with Crippen LogP contribution in [0.4, 0.5) is 5.69 Å². The molecule has 0 amide bonds. The topological polar surface area (TPSA) is 54.7 Å². The first kappa shape index (κ1) is 9.09. The highest BCUT2D eigenvalue weighted by molar-refractivity contribution is 6.32. The predicted octanol–water partition coefficient (Wildman–Crippen LogP) is 2.62. The van der Waals surface area contributed by atoms with Crippen molar-refractivity contribution in [3.8, 4) is 11.3 Å². The number of aryl methyl sites for hydroxylation is 1. The van der Waals surface area contributed by atoms with Crippen LogP contribution in [0, 0.1) is 6.92 Å². The molecule has 72 valence electrons. The Bertz CT molecular complexity index is 462. The minimum Gasteiger partial charge on any atom is -0.394 e. The van der Waals surface area contributed by atoms with Crippen molar-refractivity contribution in [1.82, 2.24) is 10.2 Å². The summed E-state index contributed by atoms with van der Waals surface area (Å²) in [5.41, 5.74) is 9.11. The van der Waals surface area contributed by atoms with E-state index in [1.54, 1.807) is 0 Å². The third-order valence-corrected chi connectivity index (χ3v) is 2.34. The maximum absolute atomic E-state index is 5.78. The van der Waals surface area contributed by atoms with Gasteiger partial charge in [-0.1, -0.05) is 35.4 Å². The number of hydrogen-bond donors (Lipinski definition) is 2. The molecule has 0 radical (unpaired) electrons. The second-order valence-corrected chi connectivity index (χ2v) is 3.55. The molecule has 3 N–H and O–H groups in total. The van der Waals surface area contributed by atoms with Gasteiger partial charge in [0.1, 0.15) is 10.8 Å². The SMILES string of the molecule is Cc1cccc(-c2n[nH]c(Cl)c2N)c1. The molecule has 0 aliphatic heterocycles. The van der Waals surface area contributed by atoms with Gasteiger partial charge in [0, 0.05) is 5.56 Å². The van der Waals surface area contributed by atoms with Crippen molar-refractivity contribution in [2.24, 2.45) is 0 Å². The van der Waals surface area contributed by atoms with Crippen LogP contribution in [-0.2, 0) is 0 Å². The molecule has 0 aliphatic carbocycles. The van der Waals surface area contributed by atoms with Gasteiger partial charge < -0.3 is 5.73 Å². The van der Waals surface area contributed by atoms with Crippen molar-refractivity contribution in [3.05, 3.63) is 35.0 Å². The van der Waals surface area contributed by atoms with E-state index >= 15 is 0 Å². The summed E-state index contributed by atoms with van der Waals surface area (Å²) in [7, 11) is 0. The summed E-state index contributed by atoms with van der Waals surface area (Å²) >= 11 is 5.78. The van der Waals surface area contributed by atoms with Crippen LogP contribution in [-0.4, -0.2) is 10.2 Å². The number of nitrogen functional groups attached to an aromatic ring is 1. The van der Waals surface area contributed by atoms with Crippen molar-refractivity contribution in [1.29, 1.82) is 0 Å². The van der Waals surface area contributed by atoms with E-state index in [2.05, 4.69) is 10.2 Å². The lowest BCUT2D eigenvalue weighted by Gasteiger charge is -1.99. The number of H-pyrrole nitrogens is 1. The molecule has 3 nitrogen and oxygen atoms in total. The minimum absolute atomic E-state index is 0.390. The quantitative estimate of drug-likeness (QED) is 0.755. The van der Waals surface area contributed by atoms with Crippen molar-refractivity contribution >= 4 is 17.3 Å². The number of aromatic amines is 1. The number of anilines is 1. The standard InChI is InChI=1S/C10H10ClN3/c1-6-3-2-4-7(5-6)9-8(12)10(11)14-13-9/h2-5H,12H2,1H3,(H,13,14). The first-order chi connectivity index (χ1) is 6.68. The maximum atomic E-state index is 5.78. The summed E-state index contributed by atoms with van der Waals surface area (Å²) in [5.74, 6) is 0. The fourth-order valence-electron chi connectivity index (χ4n) is 1.34. The molecule has 0 unspecified atom stereocenters. The van der Waals surface area contributed by atoms with Crippen LogP contribution in [0.2, 0.25) is 5.15 Å². The number of aromatic nitrogens is 2. The van der Waals surface area contributed by atoms with Crippen LogP contribution in [0.1, 0.15) is 5.56 Å². The van der Waals surface area contributed by atoms with Gasteiger partial charge in [0.05, 0.1) is 5.69 Å². The summed E-state index contributed by atoms with van der Waals surface area (Å²) in [6, 6.07) is 7.96. The molecule has 14 heavy (non-hydrogen) atoms. The smallest absolute Gasteiger partial charge is 0.148 e. The van der Waals surface area contributed by atoms with Crippen molar-refractivity contribution in [3.63, 3.8) is 0 Å². The highest BCUT2D eigenvalue weighted by Gasteiger charge is 2.09. The van der Waals surface area contributed by atoms with E-state index in [1.807, 2.05) is 31.2 Å². The zero-order valence-corrected chi connectivity index (χ0v) is 8.47. The predicted molar refractivity (Wildman–Crippen MR) is 58.2 cm³/mol. The first-order valence-corrected chi connectivity index (χ1v) is 4.62. The average Bonchev–Trinajstić information content (AvgIpc) is 2.48. The molecule has 0 spiro atoms. The zero-order chi connectivity index (χ0) is 10.1. The summed E-state index contributed by atoms with van der Waals surface area (Å²) in [6.45, 7) is 2.02. The molecule has 2 rings (SSSR count). The number of hydrogen-bond acceptors (Lipinski definition) is 2. The van der Waals surface area contributed by atoms with E-state index < -0.39 is 0 Å². The van der Waals surface area contributed by atoms with Gasteiger partial charge in [-0.05, 0) is 13.0 Å². The fraction of sp³-hybridized carbons (Fsp3) is 0.100. The molecular weight excluding hydrogens is 198 g/mol. The number of benzene rings is 1. The summed E-state index contributed by atoms with van der Waals surface area (Å²) in [5, 5.41) is 7.08. The molecule has 4 heteroatoms. The van der Waals surface area contributed by atoms with E-state index in [1.165, 1.54) is 5.56 Å². The summed E-state index contributed by atoms with van der Waals surface area (Å²) < 4.78 is 0. The number of nitrogens with one attached hydrogen (secondary N) is 1. The van der Waals surface area contributed by atoms with Gasteiger partial charge in [0.2, 0.25) is 0 Å². The van der Waals surface area contributed by atoms with Crippen LogP contribution in [0.25, 0.3) is 11.3 Å². The summed E-state index contributed by atoms with van der Waals surface area (Å²) in [6.07, 6.45) is 0. The number of rotatable bonds is 1. The summed E-state index contributed by atoms with van der Waals surface area (Å²) in [4.78, 5) is 0. The molecule has 0 bridgehead atoms. The normalized spacial score (nSPS) is 10.4. The van der Waals surface area contributed by atoms with E-state index in [0.717, 1.165) is 5.56 Å². The Hall–Kier alpha value is -1.48.